The van der Waals surface area contributed by atoms with E-state index in [1.807, 2.05) is 6.92 Å². The lowest BCUT2D eigenvalue weighted by molar-refractivity contribution is -0.105. The average Bonchev–Trinajstić information content (AvgIpc) is 2.10. The largest absolute Gasteiger partial charge is 0.322 e. The van der Waals surface area contributed by atoms with E-state index in [9.17, 15) is 9.59 Å². The second-order valence-corrected chi connectivity index (χ2v) is 3.19. The maximum absolute atomic E-state index is 11.2. The van der Waals surface area contributed by atoms with Crippen LogP contribution in [0.15, 0.2) is 10.7 Å². The minimum atomic E-state index is -0.238. The number of amides is 2. The van der Waals surface area contributed by atoms with Gasteiger partial charge in [0, 0.05) is 12.1 Å². The van der Waals surface area contributed by atoms with Gasteiger partial charge in [-0.3, -0.25) is 10.1 Å². The van der Waals surface area contributed by atoms with E-state index in [1.54, 1.807) is 4.90 Å². The summed E-state index contributed by atoms with van der Waals surface area (Å²) in [6.07, 6.45) is 1.53. The van der Waals surface area contributed by atoms with Gasteiger partial charge in [-0.25, -0.2) is 4.79 Å². The van der Waals surface area contributed by atoms with E-state index in [-0.39, 0.29) is 11.2 Å². The van der Waals surface area contributed by atoms with Crippen molar-refractivity contribution in [2.75, 3.05) is 13.1 Å². The molecular formula is C8H11ClN2O2. The summed E-state index contributed by atoms with van der Waals surface area (Å²) in [5.74, 6) is 0. The zero-order chi connectivity index (χ0) is 9.84. The van der Waals surface area contributed by atoms with Gasteiger partial charge in [0.2, 0.25) is 0 Å². The Hall–Kier alpha value is -1.03. The molecule has 1 aliphatic heterocycles. The van der Waals surface area contributed by atoms with Crippen molar-refractivity contribution in [1.29, 1.82) is 0 Å². The number of nitrogens with one attached hydrogen (secondary N) is 1. The van der Waals surface area contributed by atoms with Crippen LogP contribution in [0.3, 0.4) is 0 Å². The summed E-state index contributed by atoms with van der Waals surface area (Å²) in [5, 5.41) is 2.56. The number of hydrogen-bond acceptors (Lipinski definition) is 2. The zero-order valence-corrected chi connectivity index (χ0v) is 8.10. The van der Waals surface area contributed by atoms with Gasteiger partial charge in [0.25, 0.3) is 0 Å². The Morgan fingerprint density at radius 2 is 2.38 bits per heavy atom. The van der Waals surface area contributed by atoms with Gasteiger partial charge >= 0.3 is 6.03 Å². The van der Waals surface area contributed by atoms with Gasteiger partial charge in [-0.15, -0.1) is 0 Å². The van der Waals surface area contributed by atoms with Gasteiger partial charge in [0.15, 0.2) is 6.29 Å². The van der Waals surface area contributed by atoms with E-state index in [4.69, 9.17) is 11.6 Å². The lowest BCUT2D eigenvalue weighted by Gasteiger charge is -2.27. The monoisotopic (exact) mass is 202 g/mol. The molecule has 0 bridgehead atoms. The molecule has 0 spiro atoms. The molecule has 5 heteroatoms. The molecule has 1 aliphatic rings. The van der Waals surface area contributed by atoms with Crippen LogP contribution in [0.4, 0.5) is 4.79 Å². The van der Waals surface area contributed by atoms with Crippen molar-refractivity contribution in [2.45, 2.75) is 13.3 Å². The minimum absolute atomic E-state index is 0.146. The SMILES string of the molecule is CCCN1CC(C=O)=C(Cl)NC1=O. The Morgan fingerprint density at radius 1 is 1.69 bits per heavy atom. The predicted octanol–water partition coefficient (Wildman–Crippen LogP) is 1.07. The number of hydrogen-bond donors (Lipinski definition) is 1. The molecule has 0 aromatic carbocycles. The summed E-state index contributed by atoms with van der Waals surface area (Å²) in [4.78, 5) is 23.3. The quantitative estimate of drug-likeness (QED) is 0.550. The highest BCUT2D eigenvalue weighted by atomic mass is 35.5. The first kappa shape index (κ1) is 10.1. The van der Waals surface area contributed by atoms with Crippen molar-refractivity contribution in [1.82, 2.24) is 10.2 Å². The number of halogens is 1. The normalized spacial score (nSPS) is 17.4. The molecule has 0 saturated carbocycles. The van der Waals surface area contributed by atoms with Crippen molar-refractivity contribution >= 4 is 23.9 Å². The van der Waals surface area contributed by atoms with E-state index in [0.29, 0.717) is 24.9 Å². The lowest BCUT2D eigenvalue weighted by atomic mass is 10.2. The Bertz CT molecular complexity index is 263. The van der Waals surface area contributed by atoms with Crippen LogP contribution in [0, 0.1) is 0 Å². The van der Waals surface area contributed by atoms with Crippen LogP contribution in [-0.2, 0) is 4.79 Å². The lowest BCUT2D eigenvalue weighted by Crippen LogP contribution is -2.45. The summed E-state index contributed by atoms with van der Waals surface area (Å²) in [6.45, 7) is 2.91. The highest BCUT2D eigenvalue weighted by Gasteiger charge is 2.22. The van der Waals surface area contributed by atoms with E-state index in [1.165, 1.54) is 0 Å². The molecule has 0 fully saturated rings. The summed E-state index contributed by atoms with van der Waals surface area (Å²) in [5.41, 5.74) is 0.426. The number of urea groups is 1. The molecule has 0 radical (unpaired) electrons. The fourth-order valence-electron chi connectivity index (χ4n) is 1.14. The first-order valence-corrected chi connectivity index (χ1v) is 4.46. The second-order valence-electron chi connectivity index (χ2n) is 2.81. The van der Waals surface area contributed by atoms with Crippen LogP contribution in [0.2, 0.25) is 0 Å². The highest BCUT2D eigenvalue weighted by molar-refractivity contribution is 6.32. The first-order valence-electron chi connectivity index (χ1n) is 4.08. The standard InChI is InChI=1S/C8H11ClN2O2/c1-2-3-11-4-6(5-12)7(9)10-8(11)13/h5H,2-4H2,1H3,(H,10,13). The molecule has 72 valence electrons. The smallest absolute Gasteiger partial charge is 0.320 e. The van der Waals surface area contributed by atoms with E-state index in [0.717, 1.165) is 6.42 Å². The molecule has 1 rings (SSSR count). The van der Waals surface area contributed by atoms with Crippen LogP contribution >= 0.6 is 11.6 Å². The molecule has 1 N–H and O–H groups in total. The zero-order valence-electron chi connectivity index (χ0n) is 7.34. The third kappa shape index (κ3) is 2.21. The van der Waals surface area contributed by atoms with Gasteiger partial charge < -0.3 is 4.90 Å². The van der Waals surface area contributed by atoms with Crippen LogP contribution in [0.1, 0.15) is 13.3 Å². The second kappa shape index (κ2) is 4.28. The van der Waals surface area contributed by atoms with Crippen LogP contribution in [0.5, 0.6) is 0 Å². The average molecular weight is 203 g/mol. The summed E-state index contributed by atoms with van der Waals surface area (Å²) in [7, 11) is 0. The van der Waals surface area contributed by atoms with Gasteiger partial charge in [0.05, 0.1) is 6.54 Å². The van der Waals surface area contributed by atoms with Crippen molar-refractivity contribution in [3.05, 3.63) is 10.7 Å². The number of carbonyl (C=O) groups is 2. The van der Waals surface area contributed by atoms with Gasteiger partial charge in [-0.05, 0) is 6.42 Å². The Morgan fingerprint density at radius 3 is 2.92 bits per heavy atom. The molecule has 13 heavy (non-hydrogen) atoms. The molecular weight excluding hydrogens is 192 g/mol. The molecule has 2 amide bonds. The molecule has 0 saturated heterocycles. The van der Waals surface area contributed by atoms with Crippen LogP contribution < -0.4 is 5.32 Å². The number of nitrogens with zero attached hydrogens (tertiary/aromatic N) is 1. The van der Waals surface area contributed by atoms with Crippen LogP contribution in [0.25, 0.3) is 0 Å². The van der Waals surface area contributed by atoms with Crippen LogP contribution in [-0.4, -0.2) is 30.3 Å². The van der Waals surface area contributed by atoms with E-state index in [2.05, 4.69) is 5.32 Å². The fourth-order valence-corrected chi connectivity index (χ4v) is 1.32. The maximum Gasteiger partial charge on any atom is 0.322 e. The van der Waals surface area contributed by atoms with Crippen molar-refractivity contribution in [2.24, 2.45) is 0 Å². The molecule has 0 unspecified atom stereocenters. The summed E-state index contributed by atoms with van der Waals surface area (Å²) < 4.78 is 0. The fraction of sp³-hybridized carbons (Fsp3) is 0.500. The predicted molar refractivity (Wildman–Crippen MR) is 49.3 cm³/mol. The Labute approximate surface area is 81.5 Å². The molecule has 0 aromatic heterocycles. The third-order valence-electron chi connectivity index (χ3n) is 1.78. The van der Waals surface area contributed by atoms with Crippen molar-refractivity contribution in [3.63, 3.8) is 0 Å². The van der Waals surface area contributed by atoms with Gasteiger partial charge in [0.1, 0.15) is 5.16 Å². The van der Waals surface area contributed by atoms with Gasteiger partial charge in [-0.1, -0.05) is 18.5 Å². The molecule has 0 atom stereocenters. The van der Waals surface area contributed by atoms with Crippen molar-refractivity contribution < 1.29 is 9.59 Å². The third-order valence-corrected chi connectivity index (χ3v) is 2.12. The number of aldehydes is 1. The first-order chi connectivity index (χ1) is 6.19. The number of carbonyl (C=O) groups excluding carboxylic acids is 2. The summed E-state index contributed by atoms with van der Waals surface area (Å²) in [6, 6.07) is -0.238. The maximum atomic E-state index is 11.2. The number of rotatable bonds is 3. The van der Waals surface area contributed by atoms with E-state index < -0.39 is 0 Å². The molecule has 0 aliphatic carbocycles. The van der Waals surface area contributed by atoms with Crippen molar-refractivity contribution in [3.8, 4) is 0 Å². The van der Waals surface area contributed by atoms with Gasteiger partial charge in [-0.2, -0.15) is 0 Å². The minimum Gasteiger partial charge on any atom is -0.320 e. The Kier molecular flexibility index (Phi) is 3.31. The molecule has 4 nitrogen and oxygen atoms in total. The molecule has 0 aromatic rings. The highest BCUT2D eigenvalue weighted by Crippen LogP contribution is 2.12. The van der Waals surface area contributed by atoms with E-state index >= 15 is 0 Å². The Balaban J connectivity index is 2.75. The molecule has 1 heterocycles. The summed E-state index contributed by atoms with van der Waals surface area (Å²) >= 11 is 5.63. The topological polar surface area (TPSA) is 49.4 Å².